The van der Waals surface area contributed by atoms with E-state index in [-0.39, 0.29) is 56.1 Å². The third kappa shape index (κ3) is 3.30. The number of fused-ring (bicyclic) bond motifs is 3. The number of phenols is 2. The second-order valence-corrected chi connectivity index (χ2v) is 16.8. The van der Waals surface area contributed by atoms with Gasteiger partial charge in [-0.15, -0.1) is 0 Å². The Kier molecular flexibility index (Phi) is 5.15. The average molecular weight is 587 g/mol. The first-order chi connectivity index (χ1) is 20.5. The fourth-order valence-electron chi connectivity index (χ4n) is 9.40. The monoisotopic (exact) mass is 586 g/mol. The largest absolute Gasteiger partial charge is 0.507 e. The summed E-state index contributed by atoms with van der Waals surface area (Å²) in [5, 5.41) is 24.0. The lowest BCUT2D eigenvalue weighted by Crippen LogP contribution is -2.38. The van der Waals surface area contributed by atoms with E-state index >= 15 is 0 Å². The summed E-state index contributed by atoms with van der Waals surface area (Å²) < 4.78 is 0. The molecular weight excluding hydrogens is 544 g/mol. The molecule has 4 nitrogen and oxygen atoms in total. The molecule has 4 heteroatoms. The van der Waals surface area contributed by atoms with Crippen molar-refractivity contribution in [3.63, 3.8) is 0 Å². The van der Waals surface area contributed by atoms with Gasteiger partial charge in [0.2, 0.25) is 0 Å². The number of aromatic hydroxyl groups is 2. The first-order valence-electron chi connectivity index (χ1n) is 16.2. The Labute approximate surface area is 260 Å². The number of allylic oxidation sites excluding steroid dienone is 2. The van der Waals surface area contributed by atoms with Gasteiger partial charge in [0, 0.05) is 23.0 Å². The van der Waals surface area contributed by atoms with E-state index in [0.717, 1.165) is 47.9 Å². The van der Waals surface area contributed by atoms with Crippen molar-refractivity contribution in [2.45, 2.75) is 115 Å². The van der Waals surface area contributed by atoms with E-state index in [0.29, 0.717) is 11.1 Å². The molecule has 0 saturated carbocycles. The van der Waals surface area contributed by atoms with Gasteiger partial charge in [0.15, 0.2) is 11.6 Å². The van der Waals surface area contributed by atoms with Crippen molar-refractivity contribution in [2.24, 2.45) is 0 Å². The van der Waals surface area contributed by atoms with Crippen molar-refractivity contribution in [1.82, 2.24) is 0 Å². The van der Waals surface area contributed by atoms with E-state index in [2.05, 4.69) is 79.7 Å². The fourth-order valence-corrected chi connectivity index (χ4v) is 9.40. The van der Waals surface area contributed by atoms with E-state index < -0.39 is 11.6 Å². The van der Waals surface area contributed by atoms with Gasteiger partial charge in [0.25, 0.3) is 0 Å². The van der Waals surface area contributed by atoms with Crippen molar-refractivity contribution < 1.29 is 19.8 Å². The lowest BCUT2D eigenvalue weighted by atomic mass is 9.54. The second kappa shape index (κ2) is 8.13. The minimum atomic E-state index is -0.446. The van der Waals surface area contributed by atoms with E-state index in [9.17, 15) is 19.8 Å². The molecule has 44 heavy (non-hydrogen) atoms. The number of ketones is 2. The van der Waals surface area contributed by atoms with Crippen molar-refractivity contribution in [3.05, 3.63) is 103 Å². The van der Waals surface area contributed by atoms with Crippen LogP contribution in [-0.4, -0.2) is 21.8 Å². The van der Waals surface area contributed by atoms with Crippen molar-refractivity contribution in [3.8, 4) is 11.5 Å². The molecule has 0 heterocycles. The van der Waals surface area contributed by atoms with Crippen LogP contribution in [0.3, 0.4) is 0 Å². The smallest absolute Gasteiger partial charge is 0.190 e. The van der Waals surface area contributed by atoms with Crippen LogP contribution in [0.4, 0.5) is 0 Å². The lowest BCUT2D eigenvalue weighted by Gasteiger charge is -2.49. The summed E-state index contributed by atoms with van der Waals surface area (Å²) in [6.45, 7) is 18.6. The van der Waals surface area contributed by atoms with Crippen LogP contribution in [0.15, 0.2) is 36.4 Å². The molecule has 0 atom stereocenters. The summed E-state index contributed by atoms with van der Waals surface area (Å²) in [4.78, 5) is 26.3. The SMILES string of the molecule is CC1(C)CCC(C)(C)c2cc3c(cc21)C1c2cc4c(cc2C3c2c(O)c3c(c(O)c21)C(=O)C=CC3=O)C(C)(C)CCC4(C)C. The van der Waals surface area contributed by atoms with Crippen LogP contribution >= 0.6 is 0 Å². The van der Waals surface area contributed by atoms with Crippen LogP contribution in [0.2, 0.25) is 0 Å². The minimum Gasteiger partial charge on any atom is -0.507 e. The highest BCUT2D eigenvalue weighted by Crippen LogP contribution is 2.64. The third-order valence-electron chi connectivity index (χ3n) is 12.3. The third-order valence-corrected chi connectivity index (χ3v) is 12.3. The van der Waals surface area contributed by atoms with Gasteiger partial charge in [0.05, 0.1) is 11.1 Å². The topological polar surface area (TPSA) is 74.6 Å². The summed E-state index contributed by atoms with van der Waals surface area (Å²) in [6.07, 6.45) is 6.78. The van der Waals surface area contributed by atoms with E-state index in [1.165, 1.54) is 34.4 Å². The molecule has 0 aliphatic heterocycles. The molecule has 0 aromatic heterocycles. The van der Waals surface area contributed by atoms with Gasteiger partial charge < -0.3 is 10.2 Å². The molecule has 3 aromatic carbocycles. The highest BCUT2D eigenvalue weighted by Gasteiger charge is 2.51. The summed E-state index contributed by atoms with van der Waals surface area (Å²) in [7, 11) is 0. The average Bonchev–Trinajstić information content (AvgIpc) is 2.96. The Morgan fingerprint density at radius 2 is 0.750 bits per heavy atom. The molecule has 6 aliphatic carbocycles. The van der Waals surface area contributed by atoms with Crippen LogP contribution in [0.5, 0.6) is 11.5 Å². The number of hydrogen-bond donors (Lipinski definition) is 2. The predicted molar refractivity (Wildman–Crippen MR) is 173 cm³/mol. The van der Waals surface area contributed by atoms with Crippen LogP contribution in [0.1, 0.15) is 169 Å². The van der Waals surface area contributed by atoms with E-state index in [4.69, 9.17) is 0 Å². The van der Waals surface area contributed by atoms with Gasteiger partial charge in [-0.3, -0.25) is 9.59 Å². The number of carbonyl (C=O) groups is 2. The van der Waals surface area contributed by atoms with Crippen LogP contribution in [0.25, 0.3) is 0 Å². The zero-order valence-corrected chi connectivity index (χ0v) is 27.2. The van der Waals surface area contributed by atoms with E-state index in [1.807, 2.05) is 0 Å². The zero-order valence-electron chi connectivity index (χ0n) is 27.2. The Balaban J connectivity index is 1.52. The molecule has 0 unspecified atom stereocenters. The molecule has 6 aliphatic rings. The second-order valence-electron chi connectivity index (χ2n) is 16.8. The molecule has 0 amide bonds. The van der Waals surface area contributed by atoms with Gasteiger partial charge in [0.1, 0.15) is 11.5 Å². The first-order valence-corrected chi connectivity index (χ1v) is 16.2. The van der Waals surface area contributed by atoms with Gasteiger partial charge in [-0.25, -0.2) is 0 Å². The Hall–Kier alpha value is -3.66. The van der Waals surface area contributed by atoms with E-state index in [1.54, 1.807) is 0 Å². The van der Waals surface area contributed by atoms with Gasteiger partial charge >= 0.3 is 0 Å². The Morgan fingerprint density at radius 3 is 1.00 bits per heavy atom. The molecule has 9 rings (SSSR count). The first kappa shape index (κ1) is 27.9. The number of benzene rings is 3. The fraction of sp³-hybridized carbons (Fsp3) is 0.450. The Morgan fingerprint density at radius 1 is 0.500 bits per heavy atom. The summed E-state index contributed by atoms with van der Waals surface area (Å²) in [5.41, 5.74) is 11.0. The zero-order chi connectivity index (χ0) is 31.5. The number of hydrogen-bond acceptors (Lipinski definition) is 4. The number of carbonyl (C=O) groups excluding carboxylic acids is 2. The normalized spacial score (nSPS) is 25.4. The quantitative estimate of drug-likeness (QED) is 0.178. The molecule has 0 radical (unpaired) electrons. The van der Waals surface area contributed by atoms with Crippen LogP contribution in [-0.2, 0) is 21.7 Å². The van der Waals surface area contributed by atoms with Crippen LogP contribution < -0.4 is 0 Å². The van der Waals surface area contributed by atoms with Crippen molar-refractivity contribution in [2.75, 3.05) is 0 Å². The molecular formula is C40H42O4. The molecule has 2 N–H and O–H groups in total. The predicted octanol–water partition coefficient (Wildman–Crippen LogP) is 8.72. The summed E-state index contributed by atoms with van der Waals surface area (Å²) in [5.74, 6) is -1.92. The molecule has 0 fully saturated rings. The minimum absolute atomic E-state index is 0.00266. The van der Waals surface area contributed by atoms with Gasteiger partial charge in [-0.2, -0.15) is 0 Å². The van der Waals surface area contributed by atoms with Crippen LogP contribution in [0, 0.1) is 0 Å². The molecule has 226 valence electrons. The summed E-state index contributed by atoms with van der Waals surface area (Å²) >= 11 is 0. The van der Waals surface area contributed by atoms with Crippen molar-refractivity contribution >= 4 is 11.6 Å². The maximum atomic E-state index is 13.2. The standard InChI is InChI=1S/C40H42O4/c1-37(2)11-12-38(3,4)24-16-20-19(15-23(24)37)29-21-17-25-26(40(7,8)14-13-39(25,5)6)18-22(21)30(20)34-33(29)35(43)31-27(41)9-10-28(42)32(31)36(34)44/h9-10,15-18,29-30,43-44H,11-14H2,1-8H3. The number of phenolic OH excluding ortho intramolecular Hbond substituents is 2. The Bertz CT molecular complexity index is 1700. The van der Waals surface area contributed by atoms with Gasteiger partial charge in [-0.1, -0.05) is 79.7 Å². The maximum Gasteiger partial charge on any atom is 0.190 e. The molecule has 0 saturated heterocycles. The maximum absolute atomic E-state index is 13.2. The molecule has 2 bridgehead atoms. The number of rotatable bonds is 0. The van der Waals surface area contributed by atoms with Gasteiger partial charge in [-0.05, 0) is 104 Å². The highest BCUT2D eigenvalue weighted by molar-refractivity contribution is 6.25. The molecule has 0 spiro atoms. The highest BCUT2D eigenvalue weighted by atomic mass is 16.3. The summed E-state index contributed by atoms with van der Waals surface area (Å²) in [6, 6.07) is 9.53. The lowest BCUT2D eigenvalue weighted by molar-refractivity contribution is 0.0988. The molecule has 3 aromatic rings. The van der Waals surface area contributed by atoms with Crippen molar-refractivity contribution in [1.29, 1.82) is 0 Å².